The van der Waals surface area contributed by atoms with Crippen LogP contribution in [0.4, 0.5) is 11.4 Å². The van der Waals surface area contributed by atoms with Gasteiger partial charge in [-0.05, 0) is 18.2 Å². The van der Waals surface area contributed by atoms with E-state index in [1.54, 1.807) is 7.11 Å². The Labute approximate surface area is 188 Å². The highest BCUT2D eigenvalue weighted by Gasteiger charge is 2.20. The molecule has 156 valence electrons. The van der Waals surface area contributed by atoms with Crippen molar-refractivity contribution in [1.82, 2.24) is 4.90 Å². The number of methoxy groups -OCH3 is 1. The zero-order valence-electron chi connectivity index (χ0n) is 16.6. The second-order valence-corrected chi connectivity index (χ2v) is 6.62. The first kappa shape index (κ1) is 23.0. The van der Waals surface area contributed by atoms with Crippen molar-refractivity contribution in [2.45, 2.75) is 6.61 Å². The molecule has 2 aromatic carbocycles. The number of aliphatic imine (C=N–C) groups is 1. The van der Waals surface area contributed by atoms with Gasteiger partial charge in [0.25, 0.3) is 0 Å². The van der Waals surface area contributed by atoms with Crippen LogP contribution in [0.25, 0.3) is 0 Å². The van der Waals surface area contributed by atoms with Gasteiger partial charge in [0.2, 0.25) is 5.91 Å². The molecule has 0 bridgehead atoms. The fourth-order valence-corrected chi connectivity index (χ4v) is 3.21. The van der Waals surface area contributed by atoms with Gasteiger partial charge in [0.15, 0.2) is 5.96 Å². The van der Waals surface area contributed by atoms with Crippen molar-refractivity contribution in [2.75, 3.05) is 50.1 Å². The maximum Gasteiger partial charge on any atom is 0.244 e. The van der Waals surface area contributed by atoms with Crippen LogP contribution in [0.1, 0.15) is 5.56 Å². The van der Waals surface area contributed by atoms with Crippen LogP contribution in [0.2, 0.25) is 0 Å². The standard InChI is InChI=1S/C21H27N5O2.HI/c1-28-16-17-7-5-6-10-19(17)24-21(22)23-15-20(27)26-13-11-25(12-14-26)18-8-3-2-4-9-18;/h2-10H,11-16H2,1H3,(H3,22,23,24);1H. The predicted molar refractivity (Wildman–Crippen MR) is 128 cm³/mol. The van der Waals surface area contributed by atoms with E-state index in [-0.39, 0.29) is 42.4 Å². The predicted octanol–water partition coefficient (Wildman–Crippen LogP) is 2.53. The van der Waals surface area contributed by atoms with E-state index in [0.29, 0.717) is 19.7 Å². The number of para-hydroxylation sites is 2. The molecular formula is C21H28IN5O2. The molecule has 8 heteroatoms. The van der Waals surface area contributed by atoms with Crippen molar-refractivity contribution in [3.05, 3.63) is 60.2 Å². The molecule has 0 unspecified atom stereocenters. The number of nitrogens with zero attached hydrogens (tertiary/aromatic N) is 3. The maximum absolute atomic E-state index is 12.5. The summed E-state index contributed by atoms with van der Waals surface area (Å²) in [5.41, 5.74) is 8.96. The molecule has 1 aliphatic heterocycles. The number of hydrogen-bond donors (Lipinski definition) is 2. The summed E-state index contributed by atoms with van der Waals surface area (Å²) < 4.78 is 5.18. The Balaban J connectivity index is 0.00000300. The molecule has 7 nitrogen and oxygen atoms in total. The fourth-order valence-electron chi connectivity index (χ4n) is 3.21. The van der Waals surface area contributed by atoms with Crippen molar-refractivity contribution in [2.24, 2.45) is 10.7 Å². The van der Waals surface area contributed by atoms with E-state index in [9.17, 15) is 4.79 Å². The van der Waals surface area contributed by atoms with Gasteiger partial charge in [0, 0.05) is 50.2 Å². The van der Waals surface area contributed by atoms with Gasteiger partial charge in [0.05, 0.1) is 6.61 Å². The summed E-state index contributed by atoms with van der Waals surface area (Å²) >= 11 is 0. The summed E-state index contributed by atoms with van der Waals surface area (Å²) in [6.45, 7) is 3.52. The summed E-state index contributed by atoms with van der Waals surface area (Å²) in [7, 11) is 1.64. The second-order valence-electron chi connectivity index (χ2n) is 6.62. The first-order valence-electron chi connectivity index (χ1n) is 9.39. The molecule has 0 aliphatic carbocycles. The van der Waals surface area contributed by atoms with E-state index in [2.05, 4.69) is 27.3 Å². The molecule has 3 N–H and O–H groups in total. The van der Waals surface area contributed by atoms with Gasteiger partial charge in [-0.15, -0.1) is 24.0 Å². The molecule has 0 atom stereocenters. The third kappa shape index (κ3) is 6.60. The number of ether oxygens (including phenoxy) is 1. The molecule has 1 fully saturated rings. The number of hydrogen-bond acceptors (Lipinski definition) is 4. The van der Waals surface area contributed by atoms with Gasteiger partial charge in [-0.1, -0.05) is 36.4 Å². The number of guanidine groups is 1. The molecular weight excluding hydrogens is 481 g/mol. The van der Waals surface area contributed by atoms with Crippen LogP contribution >= 0.6 is 24.0 Å². The van der Waals surface area contributed by atoms with Crippen LogP contribution in [-0.4, -0.2) is 56.6 Å². The van der Waals surface area contributed by atoms with Crippen LogP contribution in [0.15, 0.2) is 59.6 Å². The Morgan fingerprint density at radius 3 is 2.41 bits per heavy atom. The van der Waals surface area contributed by atoms with Crippen molar-refractivity contribution in [1.29, 1.82) is 0 Å². The van der Waals surface area contributed by atoms with Crippen molar-refractivity contribution >= 4 is 47.2 Å². The normalized spacial score (nSPS) is 14.3. The van der Waals surface area contributed by atoms with E-state index in [4.69, 9.17) is 10.5 Å². The average Bonchev–Trinajstić information content (AvgIpc) is 2.74. The van der Waals surface area contributed by atoms with Gasteiger partial charge >= 0.3 is 0 Å². The highest BCUT2D eigenvalue weighted by Crippen LogP contribution is 2.16. The van der Waals surface area contributed by atoms with E-state index >= 15 is 0 Å². The van der Waals surface area contributed by atoms with Crippen molar-refractivity contribution in [3.63, 3.8) is 0 Å². The number of carbonyl (C=O) groups excluding carboxylic acids is 1. The van der Waals surface area contributed by atoms with Crippen LogP contribution in [0.3, 0.4) is 0 Å². The van der Waals surface area contributed by atoms with Crippen LogP contribution in [-0.2, 0) is 16.1 Å². The van der Waals surface area contributed by atoms with Crippen molar-refractivity contribution in [3.8, 4) is 0 Å². The molecule has 1 amide bonds. The lowest BCUT2D eigenvalue weighted by Gasteiger charge is -2.36. The van der Waals surface area contributed by atoms with E-state index in [0.717, 1.165) is 24.3 Å². The highest BCUT2D eigenvalue weighted by molar-refractivity contribution is 14.0. The van der Waals surface area contributed by atoms with Crippen molar-refractivity contribution < 1.29 is 9.53 Å². The summed E-state index contributed by atoms with van der Waals surface area (Å²) in [6, 6.07) is 18.0. The summed E-state index contributed by atoms with van der Waals surface area (Å²) in [6.07, 6.45) is 0. The number of nitrogens with two attached hydrogens (primary N) is 1. The molecule has 1 saturated heterocycles. The quantitative estimate of drug-likeness (QED) is 0.356. The number of benzene rings is 2. The molecule has 0 aromatic heterocycles. The number of piperazine rings is 1. The minimum absolute atomic E-state index is 0. The number of anilines is 2. The zero-order valence-corrected chi connectivity index (χ0v) is 18.9. The Morgan fingerprint density at radius 2 is 1.72 bits per heavy atom. The molecule has 0 spiro atoms. The lowest BCUT2D eigenvalue weighted by atomic mass is 10.2. The number of halogens is 1. The van der Waals surface area contributed by atoms with Gasteiger partial charge in [-0.25, -0.2) is 4.99 Å². The minimum Gasteiger partial charge on any atom is -0.380 e. The molecule has 1 aliphatic rings. The molecule has 2 aromatic rings. The Kier molecular flexibility index (Phi) is 9.20. The fraction of sp³-hybridized carbons (Fsp3) is 0.333. The molecule has 29 heavy (non-hydrogen) atoms. The monoisotopic (exact) mass is 509 g/mol. The number of nitrogens with one attached hydrogen (secondary N) is 1. The van der Waals surface area contributed by atoms with Gasteiger partial charge in [0.1, 0.15) is 6.54 Å². The topological polar surface area (TPSA) is 83.2 Å². The van der Waals surface area contributed by atoms with Crippen LogP contribution in [0.5, 0.6) is 0 Å². The van der Waals surface area contributed by atoms with Gasteiger partial charge < -0.3 is 25.6 Å². The van der Waals surface area contributed by atoms with E-state index in [1.165, 1.54) is 5.69 Å². The lowest BCUT2D eigenvalue weighted by Crippen LogP contribution is -2.49. The summed E-state index contributed by atoms with van der Waals surface area (Å²) in [5.74, 6) is 0.211. The largest absolute Gasteiger partial charge is 0.380 e. The van der Waals surface area contributed by atoms with Crippen LogP contribution in [0, 0.1) is 0 Å². The van der Waals surface area contributed by atoms with Crippen LogP contribution < -0.4 is 16.0 Å². The highest BCUT2D eigenvalue weighted by atomic mass is 127. The SMILES string of the molecule is COCc1ccccc1NC(N)=NCC(=O)N1CCN(c2ccccc2)CC1.I. The Bertz CT molecular complexity index is 808. The van der Waals surface area contributed by atoms with E-state index in [1.807, 2.05) is 47.4 Å². The zero-order chi connectivity index (χ0) is 19.8. The third-order valence-corrected chi connectivity index (χ3v) is 4.72. The first-order chi connectivity index (χ1) is 13.7. The number of carbonyl (C=O) groups is 1. The lowest BCUT2D eigenvalue weighted by molar-refractivity contribution is -0.129. The maximum atomic E-state index is 12.5. The molecule has 0 saturated carbocycles. The summed E-state index contributed by atoms with van der Waals surface area (Å²) in [4.78, 5) is 20.8. The minimum atomic E-state index is -0.0114. The van der Waals surface area contributed by atoms with Gasteiger partial charge in [-0.3, -0.25) is 4.79 Å². The Morgan fingerprint density at radius 1 is 1.07 bits per heavy atom. The number of rotatable bonds is 6. The average molecular weight is 509 g/mol. The Hall–Kier alpha value is -2.33. The van der Waals surface area contributed by atoms with E-state index < -0.39 is 0 Å². The number of amides is 1. The molecule has 0 radical (unpaired) electrons. The summed E-state index contributed by atoms with van der Waals surface area (Å²) in [5, 5.41) is 3.05. The smallest absolute Gasteiger partial charge is 0.244 e. The van der Waals surface area contributed by atoms with Gasteiger partial charge in [-0.2, -0.15) is 0 Å². The first-order valence-corrected chi connectivity index (χ1v) is 9.39. The third-order valence-electron chi connectivity index (χ3n) is 4.72. The molecule has 1 heterocycles. The molecule has 3 rings (SSSR count). The second kappa shape index (κ2) is 11.6.